The fourth-order valence-corrected chi connectivity index (χ4v) is 6.92. The number of benzene rings is 2. The lowest BCUT2D eigenvalue weighted by molar-refractivity contribution is -0.287. The van der Waals surface area contributed by atoms with Gasteiger partial charge in [-0.3, -0.25) is 9.59 Å². The maximum absolute atomic E-state index is 13.1. The number of halogens is 6. The summed E-state index contributed by atoms with van der Waals surface area (Å²) in [5.74, 6) is 0.106. The maximum Gasteiger partial charge on any atom is 0.586 e. The Morgan fingerprint density at radius 2 is 1.15 bits per heavy atom. The average Bonchev–Trinajstić information content (AvgIpc) is 3.99. The molecule has 0 unspecified atom stereocenters. The molecule has 0 bridgehead atoms. The first-order chi connectivity index (χ1) is 28.7. The van der Waals surface area contributed by atoms with Crippen LogP contribution in [0.25, 0.3) is 0 Å². The van der Waals surface area contributed by atoms with Gasteiger partial charge in [-0.25, -0.2) is 29.9 Å². The summed E-state index contributed by atoms with van der Waals surface area (Å²) < 4.78 is 70.0. The zero-order valence-corrected chi connectivity index (χ0v) is 33.5. The highest BCUT2D eigenvalue weighted by Gasteiger charge is 2.44. The average molecular weight is 910 g/mol. The van der Waals surface area contributed by atoms with Crippen molar-refractivity contribution in [3.63, 3.8) is 0 Å². The molecule has 0 radical (unpaired) electrons. The molecule has 6 aromatic rings. The number of amides is 2. The van der Waals surface area contributed by atoms with E-state index in [1.807, 2.05) is 0 Å². The predicted octanol–water partition coefficient (Wildman–Crippen LogP) is 7.63. The van der Waals surface area contributed by atoms with Crippen molar-refractivity contribution in [2.75, 3.05) is 46.0 Å². The third-order valence-electron chi connectivity index (χ3n) is 7.72. The number of nitrogens with zero attached hydrogens (tertiary/aromatic N) is 6. The molecule has 0 saturated heterocycles. The van der Waals surface area contributed by atoms with Crippen molar-refractivity contribution in [1.82, 2.24) is 29.9 Å². The summed E-state index contributed by atoms with van der Waals surface area (Å²) in [6.45, 7) is 0.500. The standard InChI is InChI=1S/2C17H13ClF2N6O3S/c1-21-12-5-9(25-16(18)26-12)6-22-14-13(30-7-23-14)15(27)24-8-2-3-10-11(4-8)29-17(19,20)28-10;1-21-16-25-9(5-12(18)26-16)6-22-14-13(30-7-23-14)15(27)24-8-2-3-10-11(4-8)29-17(19,20)28-10/h2*2-5,7,22H,6H2,1H3,(H,24,27)(H,21,25,26). The predicted molar refractivity (Wildman–Crippen MR) is 213 cm³/mol. The smallest absolute Gasteiger partial charge is 0.395 e. The Bertz CT molecular complexity index is 2400. The lowest BCUT2D eigenvalue weighted by Crippen LogP contribution is -2.25. The second-order valence-corrected chi connectivity index (χ2v) is 14.3. The summed E-state index contributed by atoms with van der Waals surface area (Å²) >= 11 is 14.1. The molecule has 2 aromatic carbocycles. The summed E-state index contributed by atoms with van der Waals surface area (Å²) in [5, 5.41) is 17.3. The van der Waals surface area contributed by atoms with Crippen LogP contribution >= 0.6 is 45.9 Å². The fraction of sp³-hybridized carbons (Fsp3) is 0.176. The lowest BCUT2D eigenvalue weighted by Gasteiger charge is -2.08. The van der Waals surface area contributed by atoms with Crippen molar-refractivity contribution in [3.05, 3.63) is 91.1 Å². The number of rotatable bonds is 12. The Labute approximate surface area is 353 Å². The molecule has 2 amide bonds. The molecule has 4 aromatic heterocycles. The van der Waals surface area contributed by atoms with Gasteiger partial charge in [-0.15, -0.1) is 40.2 Å². The monoisotopic (exact) mass is 908 g/mol. The molecule has 8 rings (SSSR count). The van der Waals surface area contributed by atoms with Gasteiger partial charge < -0.3 is 50.8 Å². The number of ether oxygens (including phenoxy) is 4. The molecule has 60 heavy (non-hydrogen) atoms. The van der Waals surface area contributed by atoms with E-state index in [4.69, 9.17) is 23.2 Å². The topological polar surface area (TPSA) is 221 Å². The van der Waals surface area contributed by atoms with E-state index in [1.54, 1.807) is 26.2 Å². The lowest BCUT2D eigenvalue weighted by atomic mass is 10.2. The number of carbonyl (C=O) groups is 2. The second kappa shape index (κ2) is 17.4. The molecule has 6 N–H and O–H groups in total. The third-order valence-corrected chi connectivity index (χ3v) is 9.73. The molecule has 0 spiro atoms. The summed E-state index contributed by atoms with van der Waals surface area (Å²) in [5.41, 5.74) is 4.72. The van der Waals surface area contributed by atoms with E-state index >= 15 is 0 Å². The molecule has 2 aliphatic rings. The maximum atomic E-state index is 13.1. The van der Waals surface area contributed by atoms with Gasteiger partial charge in [-0.2, -0.15) is 0 Å². The van der Waals surface area contributed by atoms with E-state index in [2.05, 4.69) is 80.8 Å². The van der Waals surface area contributed by atoms with Crippen molar-refractivity contribution >= 4 is 92.5 Å². The Kier molecular flexibility index (Phi) is 12.1. The first-order valence-corrected chi connectivity index (χ1v) is 19.4. The molecule has 6 heterocycles. The van der Waals surface area contributed by atoms with Crippen LogP contribution in [-0.2, 0) is 13.1 Å². The molecule has 2 aliphatic heterocycles. The van der Waals surface area contributed by atoms with Crippen molar-refractivity contribution in [3.8, 4) is 23.0 Å². The first kappa shape index (κ1) is 41.7. The Morgan fingerprint density at radius 3 is 1.65 bits per heavy atom. The van der Waals surface area contributed by atoms with E-state index in [-0.39, 0.29) is 57.9 Å². The van der Waals surface area contributed by atoms with Crippen LogP contribution in [0.2, 0.25) is 10.4 Å². The second-order valence-electron chi connectivity index (χ2n) is 11.9. The van der Waals surface area contributed by atoms with Crippen LogP contribution in [-0.4, -0.2) is 68.4 Å². The zero-order valence-electron chi connectivity index (χ0n) is 30.4. The number of hydrogen-bond acceptors (Lipinski definition) is 18. The fourth-order valence-electron chi connectivity index (χ4n) is 5.19. The van der Waals surface area contributed by atoms with Crippen LogP contribution in [0.4, 0.5) is 52.3 Å². The minimum Gasteiger partial charge on any atom is -0.395 e. The van der Waals surface area contributed by atoms with Gasteiger partial charge in [-0.1, -0.05) is 11.6 Å². The molecular weight excluding hydrogens is 883 g/mol. The first-order valence-electron chi connectivity index (χ1n) is 16.9. The van der Waals surface area contributed by atoms with Gasteiger partial charge in [0.1, 0.15) is 32.4 Å². The molecule has 0 atom stereocenters. The van der Waals surface area contributed by atoms with Crippen molar-refractivity contribution < 1.29 is 46.1 Å². The van der Waals surface area contributed by atoms with E-state index in [9.17, 15) is 27.2 Å². The molecule has 0 fully saturated rings. The van der Waals surface area contributed by atoms with Crippen LogP contribution in [0.1, 0.15) is 30.7 Å². The molecule has 0 saturated carbocycles. The molecule has 0 aliphatic carbocycles. The number of aromatic nitrogens is 6. The van der Waals surface area contributed by atoms with Gasteiger partial charge in [0.25, 0.3) is 11.8 Å². The van der Waals surface area contributed by atoms with Crippen LogP contribution < -0.4 is 50.8 Å². The van der Waals surface area contributed by atoms with Crippen molar-refractivity contribution in [1.29, 1.82) is 0 Å². The van der Waals surface area contributed by atoms with Gasteiger partial charge in [0.05, 0.1) is 35.5 Å². The molecule has 312 valence electrons. The highest BCUT2D eigenvalue weighted by Crippen LogP contribution is 2.43. The largest absolute Gasteiger partial charge is 0.586 e. The number of carbonyl (C=O) groups excluding carboxylic acids is 2. The van der Waals surface area contributed by atoms with Crippen LogP contribution in [0.15, 0.2) is 59.6 Å². The number of fused-ring (bicyclic) bond motifs is 2. The van der Waals surface area contributed by atoms with Crippen molar-refractivity contribution in [2.45, 2.75) is 25.7 Å². The SMILES string of the molecule is CNc1cc(CNc2ncsc2C(=O)Nc2ccc3c(c2)OC(F)(F)O3)nc(Cl)n1.CNc1nc(Cl)cc(CNc2ncsc2C(=O)Nc2ccc3c(c2)OC(F)(F)O3)n1. The molecule has 18 nitrogen and oxygen atoms in total. The number of thiazole rings is 2. The number of alkyl halides is 4. The van der Waals surface area contributed by atoms with E-state index in [1.165, 1.54) is 47.4 Å². The van der Waals surface area contributed by atoms with Gasteiger partial charge in [0.15, 0.2) is 23.0 Å². The summed E-state index contributed by atoms with van der Waals surface area (Å²) in [7, 11) is 3.37. The molecule has 26 heteroatoms. The highest BCUT2D eigenvalue weighted by atomic mass is 35.5. The molecular formula is C34H26Cl2F4N12O6S2. The quantitative estimate of drug-likeness (QED) is 0.0395. The number of hydrogen-bond donors (Lipinski definition) is 6. The summed E-state index contributed by atoms with van der Waals surface area (Å²) in [6, 6.07) is 11.2. The Balaban J connectivity index is 0.000000181. The minimum absolute atomic E-state index is 0.0864. The van der Waals surface area contributed by atoms with Gasteiger partial charge in [-0.05, 0) is 41.9 Å². The van der Waals surface area contributed by atoms with Gasteiger partial charge in [0.2, 0.25) is 11.2 Å². The zero-order chi connectivity index (χ0) is 42.6. The normalized spacial score (nSPS) is 13.7. The summed E-state index contributed by atoms with van der Waals surface area (Å²) in [4.78, 5) is 50.5. The summed E-state index contributed by atoms with van der Waals surface area (Å²) in [6.07, 6.45) is -7.45. The van der Waals surface area contributed by atoms with E-state index < -0.39 is 24.4 Å². The van der Waals surface area contributed by atoms with Gasteiger partial charge in [0, 0.05) is 43.7 Å². The number of nitrogens with one attached hydrogen (secondary N) is 6. The Hall–Kier alpha value is -6.50. The van der Waals surface area contributed by atoms with Crippen LogP contribution in [0.3, 0.4) is 0 Å². The number of anilines is 6. The van der Waals surface area contributed by atoms with E-state index in [0.29, 0.717) is 44.5 Å². The minimum atomic E-state index is -3.73. The van der Waals surface area contributed by atoms with Gasteiger partial charge >= 0.3 is 12.6 Å². The Morgan fingerprint density at radius 1 is 0.650 bits per heavy atom. The van der Waals surface area contributed by atoms with Crippen LogP contribution in [0.5, 0.6) is 23.0 Å². The third kappa shape index (κ3) is 10.2. The van der Waals surface area contributed by atoms with Crippen LogP contribution in [0, 0.1) is 0 Å². The highest BCUT2D eigenvalue weighted by molar-refractivity contribution is 7.12. The van der Waals surface area contributed by atoms with Crippen molar-refractivity contribution in [2.24, 2.45) is 0 Å². The van der Waals surface area contributed by atoms with E-state index in [0.717, 1.165) is 22.7 Å².